The van der Waals surface area contributed by atoms with Crippen LogP contribution in [0.5, 0.6) is 0 Å². The molecule has 3 aliphatic rings. The number of rotatable bonds is 4. The quantitative estimate of drug-likeness (QED) is 0.181. The summed E-state index contributed by atoms with van der Waals surface area (Å²) in [4.78, 5) is 9.73. The molecule has 0 saturated heterocycles. The standard InChI is InChI=1S/C32H44F3IN2O2Si/c1-18(2)27-25-26(24-21(38-27)15-30(6,7)16-22(24)40-41(8,9)29(3,4)5)31(14-10-11-23(31)36)39-28(25)20-13-12-19(17-37-20)32(33,34)35/h12-13,17-18,22-23,28H,10-11,14-16H2,1-9H3/t22-,23?,28+,31?/m0/s1. The summed E-state index contributed by atoms with van der Waals surface area (Å²) < 4.78 is 54.9. The van der Waals surface area contributed by atoms with Gasteiger partial charge in [-0.3, -0.25) is 9.97 Å². The molecule has 2 aromatic rings. The van der Waals surface area contributed by atoms with Crippen LogP contribution in [0.3, 0.4) is 0 Å². The van der Waals surface area contributed by atoms with Gasteiger partial charge in [-0.05, 0) is 73.7 Å². The summed E-state index contributed by atoms with van der Waals surface area (Å²) in [5.74, 6) is 0.114. The summed E-state index contributed by atoms with van der Waals surface area (Å²) in [5.41, 5.74) is 4.72. The lowest BCUT2D eigenvalue weighted by Gasteiger charge is -2.45. The molecule has 41 heavy (non-hydrogen) atoms. The van der Waals surface area contributed by atoms with E-state index in [1.807, 2.05) is 0 Å². The average Bonchev–Trinajstić information content (AvgIpc) is 3.37. The van der Waals surface area contributed by atoms with E-state index in [1.54, 1.807) is 0 Å². The molecule has 4 nitrogen and oxygen atoms in total. The second-order valence-electron chi connectivity index (χ2n) is 14.9. The molecule has 2 unspecified atom stereocenters. The lowest BCUT2D eigenvalue weighted by atomic mass is 9.70. The molecule has 9 heteroatoms. The smallest absolute Gasteiger partial charge is 0.410 e. The van der Waals surface area contributed by atoms with Crippen LogP contribution in [0.15, 0.2) is 18.3 Å². The molecule has 0 radical (unpaired) electrons. The third kappa shape index (κ3) is 5.43. The Morgan fingerprint density at radius 2 is 1.80 bits per heavy atom. The fourth-order valence-electron chi connectivity index (χ4n) is 6.70. The summed E-state index contributed by atoms with van der Waals surface area (Å²) in [6, 6.07) is 2.61. The monoisotopic (exact) mass is 700 g/mol. The molecule has 4 atom stereocenters. The molecule has 0 amide bonds. The molecule has 2 aliphatic carbocycles. The van der Waals surface area contributed by atoms with Crippen molar-refractivity contribution in [2.45, 2.75) is 133 Å². The van der Waals surface area contributed by atoms with Crippen LogP contribution in [-0.2, 0) is 27.4 Å². The Hall–Kier alpha value is -1.04. The molecule has 1 fully saturated rings. The number of fused-ring (bicyclic) bond motifs is 4. The van der Waals surface area contributed by atoms with Gasteiger partial charge < -0.3 is 9.16 Å². The Balaban J connectivity index is 1.78. The van der Waals surface area contributed by atoms with E-state index in [-0.39, 0.29) is 26.4 Å². The van der Waals surface area contributed by atoms with Gasteiger partial charge in [0.1, 0.15) is 11.7 Å². The Labute approximate surface area is 257 Å². The van der Waals surface area contributed by atoms with E-state index in [9.17, 15) is 13.2 Å². The number of ether oxygens (including phenoxy) is 1. The van der Waals surface area contributed by atoms with Gasteiger partial charge in [-0.1, -0.05) is 71.1 Å². The number of nitrogens with zero attached hydrogens (tertiary/aromatic N) is 2. The first kappa shape index (κ1) is 31.4. The predicted molar refractivity (Wildman–Crippen MR) is 167 cm³/mol. The first-order chi connectivity index (χ1) is 18.8. The molecular weight excluding hydrogens is 656 g/mol. The lowest BCUT2D eigenvalue weighted by molar-refractivity contribution is -0.137. The fourth-order valence-corrected chi connectivity index (χ4v) is 9.18. The molecule has 5 rings (SSSR count). The van der Waals surface area contributed by atoms with E-state index >= 15 is 0 Å². The van der Waals surface area contributed by atoms with Crippen LogP contribution in [0.1, 0.15) is 132 Å². The number of hydrogen-bond donors (Lipinski definition) is 0. The zero-order valence-electron chi connectivity index (χ0n) is 25.8. The van der Waals surface area contributed by atoms with Crippen molar-refractivity contribution in [1.29, 1.82) is 0 Å². The Morgan fingerprint density at radius 1 is 1.12 bits per heavy atom. The van der Waals surface area contributed by atoms with Crippen LogP contribution < -0.4 is 0 Å². The maximum absolute atomic E-state index is 13.4. The van der Waals surface area contributed by atoms with Crippen molar-refractivity contribution < 1.29 is 22.3 Å². The molecule has 3 heterocycles. The third-order valence-electron chi connectivity index (χ3n) is 9.78. The third-order valence-corrected chi connectivity index (χ3v) is 15.9. The van der Waals surface area contributed by atoms with E-state index in [4.69, 9.17) is 14.1 Å². The molecule has 0 N–H and O–H groups in total. The van der Waals surface area contributed by atoms with Crippen LogP contribution in [0.4, 0.5) is 13.2 Å². The fraction of sp³-hybridized carbons (Fsp3) is 0.688. The summed E-state index contributed by atoms with van der Waals surface area (Å²) in [5, 5.41) is 0.0449. The number of alkyl halides is 4. The van der Waals surface area contributed by atoms with Crippen molar-refractivity contribution in [1.82, 2.24) is 9.97 Å². The van der Waals surface area contributed by atoms with Crippen molar-refractivity contribution >= 4 is 30.9 Å². The van der Waals surface area contributed by atoms with Gasteiger partial charge in [0, 0.05) is 38.2 Å². The van der Waals surface area contributed by atoms with Crippen molar-refractivity contribution in [2.24, 2.45) is 5.41 Å². The van der Waals surface area contributed by atoms with Gasteiger partial charge in [-0.2, -0.15) is 13.2 Å². The zero-order chi connectivity index (χ0) is 30.3. The molecule has 1 aliphatic heterocycles. The predicted octanol–water partition coefficient (Wildman–Crippen LogP) is 9.96. The molecule has 226 valence electrons. The molecule has 0 bridgehead atoms. The van der Waals surface area contributed by atoms with E-state index in [0.29, 0.717) is 5.69 Å². The average molecular weight is 701 g/mol. The Kier molecular flexibility index (Phi) is 7.85. The van der Waals surface area contributed by atoms with Crippen molar-refractivity contribution in [3.63, 3.8) is 0 Å². The normalized spacial score (nSPS) is 27.9. The van der Waals surface area contributed by atoms with Crippen molar-refractivity contribution in [3.05, 3.63) is 57.7 Å². The number of halogens is 4. The first-order valence-corrected chi connectivity index (χ1v) is 19.0. The van der Waals surface area contributed by atoms with Crippen LogP contribution in [-0.4, -0.2) is 22.2 Å². The minimum atomic E-state index is -4.44. The summed E-state index contributed by atoms with van der Waals surface area (Å²) in [6.07, 6.45) is 0.507. The lowest BCUT2D eigenvalue weighted by Crippen LogP contribution is -2.44. The van der Waals surface area contributed by atoms with Gasteiger partial charge in [-0.25, -0.2) is 0 Å². The van der Waals surface area contributed by atoms with Crippen LogP contribution in [0.2, 0.25) is 18.1 Å². The molecule has 0 aromatic carbocycles. The number of hydrogen-bond acceptors (Lipinski definition) is 4. The first-order valence-electron chi connectivity index (χ1n) is 14.9. The van der Waals surface area contributed by atoms with E-state index in [1.165, 1.54) is 17.2 Å². The van der Waals surface area contributed by atoms with Gasteiger partial charge in [0.25, 0.3) is 0 Å². The molecular formula is C32H44F3IN2O2Si. The van der Waals surface area contributed by atoms with Gasteiger partial charge in [0.15, 0.2) is 8.32 Å². The highest BCUT2D eigenvalue weighted by atomic mass is 127. The minimum Gasteiger partial charge on any atom is -0.410 e. The van der Waals surface area contributed by atoms with Crippen molar-refractivity contribution in [2.75, 3.05) is 0 Å². The second-order valence-corrected chi connectivity index (χ2v) is 21.2. The summed E-state index contributed by atoms with van der Waals surface area (Å²) in [7, 11) is -2.15. The van der Waals surface area contributed by atoms with E-state index in [2.05, 4.69) is 89.1 Å². The molecule has 1 spiro atoms. The SMILES string of the molecule is CC(C)c1nc2c(c3c1[C@@H](c1ccc(C(F)(F)F)cn1)OC31CCCC1I)[C@@H](O[Si](C)(C)C(C)(C)C)CC(C)(C)C2. The highest BCUT2D eigenvalue weighted by molar-refractivity contribution is 14.1. The van der Waals surface area contributed by atoms with Gasteiger partial charge in [-0.15, -0.1) is 0 Å². The van der Waals surface area contributed by atoms with Gasteiger partial charge in [0.2, 0.25) is 0 Å². The van der Waals surface area contributed by atoms with Crippen molar-refractivity contribution in [3.8, 4) is 0 Å². The second kappa shape index (κ2) is 10.3. The van der Waals surface area contributed by atoms with E-state index in [0.717, 1.165) is 61.3 Å². The number of aromatic nitrogens is 2. The van der Waals surface area contributed by atoms with Crippen LogP contribution in [0.25, 0.3) is 0 Å². The van der Waals surface area contributed by atoms with Gasteiger partial charge >= 0.3 is 6.18 Å². The highest BCUT2D eigenvalue weighted by Gasteiger charge is 2.57. The minimum absolute atomic E-state index is 0.0237. The Bertz CT molecular complexity index is 1320. The molecule has 2 aromatic heterocycles. The zero-order valence-corrected chi connectivity index (χ0v) is 29.0. The maximum atomic E-state index is 13.4. The maximum Gasteiger partial charge on any atom is 0.417 e. The topological polar surface area (TPSA) is 44.2 Å². The number of pyridine rings is 2. The largest absolute Gasteiger partial charge is 0.417 e. The van der Waals surface area contributed by atoms with Gasteiger partial charge in [0.05, 0.1) is 17.4 Å². The highest BCUT2D eigenvalue weighted by Crippen LogP contribution is 2.62. The summed E-state index contributed by atoms with van der Waals surface area (Å²) >= 11 is 2.54. The molecule has 1 saturated carbocycles. The van der Waals surface area contributed by atoms with E-state index < -0.39 is 31.8 Å². The summed E-state index contributed by atoms with van der Waals surface area (Å²) in [6.45, 7) is 20.3. The Morgan fingerprint density at radius 3 is 2.32 bits per heavy atom. The van der Waals surface area contributed by atoms with Crippen LogP contribution >= 0.6 is 22.6 Å². The van der Waals surface area contributed by atoms with Crippen LogP contribution in [0, 0.1) is 5.41 Å².